The molecule has 0 bridgehead atoms. The van der Waals surface area contributed by atoms with E-state index in [1.54, 1.807) is 37.0 Å². The molecule has 0 amide bonds. The molecule has 0 saturated carbocycles. The summed E-state index contributed by atoms with van der Waals surface area (Å²) in [7, 11) is 0. The number of pyridine rings is 1. The molecular formula is C19H16FN5O3. The average molecular weight is 381 g/mol. The van der Waals surface area contributed by atoms with Crippen LogP contribution in [0.25, 0.3) is 22.2 Å². The number of aryl methyl sites for hydroxylation is 1. The Balaban J connectivity index is 1.72. The first kappa shape index (κ1) is 17.8. The third kappa shape index (κ3) is 3.34. The van der Waals surface area contributed by atoms with Crippen LogP contribution < -0.4 is 0 Å². The monoisotopic (exact) mass is 381 g/mol. The maximum absolute atomic E-state index is 14.0. The lowest BCUT2D eigenvalue weighted by Crippen LogP contribution is -2.07. The second kappa shape index (κ2) is 7.18. The van der Waals surface area contributed by atoms with E-state index in [4.69, 9.17) is 9.15 Å². The minimum Gasteiger partial charge on any atom is -0.462 e. The molecule has 0 fully saturated rings. The van der Waals surface area contributed by atoms with Crippen molar-refractivity contribution in [3.05, 3.63) is 59.8 Å². The first-order valence-electron chi connectivity index (χ1n) is 8.62. The maximum Gasteiger partial charge on any atom is 0.341 e. The van der Waals surface area contributed by atoms with Gasteiger partial charge in [-0.05, 0) is 30.7 Å². The number of benzene rings is 1. The van der Waals surface area contributed by atoms with Gasteiger partial charge < -0.3 is 9.15 Å². The van der Waals surface area contributed by atoms with Crippen LogP contribution in [0, 0.1) is 12.7 Å². The lowest BCUT2D eigenvalue weighted by molar-refractivity contribution is 0.0521. The molecule has 0 aliphatic carbocycles. The first-order valence-corrected chi connectivity index (χ1v) is 8.62. The van der Waals surface area contributed by atoms with Crippen molar-refractivity contribution in [3.63, 3.8) is 0 Å². The average Bonchev–Trinajstić information content (AvgIpc) is 3.28. The summed E-state index contributed by atoms with van der Waals surface area (Å²) in [6.45, 7) is 3.86. The fourth-order valence-corrected chi connectivity index (χ4v) is 2.84. The Kier molecular flexibility index (Phi) is 4.56. The van der Waals surface area contributed by atoms with Crippen molar-refractivity contribution >= 4 is 17.0 Å². The van der Waals surface area contributed by atoms with Gasteiger partial charge in [0.25, 0.3) is 0 Å². The van der Waals surface area contributed by atoms with Crippen molar-refractivity contribution in [2.24, 2.45) is 0 Å². The topological polar surface area (TPSA) is 95.9 Å². The number of aromatic nitrogens is 5. The van der Waals surface area contributed by atoms with E-state index in [-0.39, 0.29) is 12.2 Å². The van der Waals surface area contributed by atoms with Crippen molar-refractivity contribution < 1.29 is 18.3 Å². The molecular weight excluding hydrogens is 365 g/mol. The molecule has 9 heteroatoms. The fourth-order valence-electron chi connectivity index (χ4n) is 2.84. The zero-order chi connectivity index (χ0) is 19.7. The largest absolute Gasteiger partial charge is 0.462 e. The van der Waals surface area contributed by atoms with Crippen LogP contribution in [-0.2, 0) is 11.3 Å². The van der Waals surface area contributed by atoms with Crippen LogP contribution in [0.1, 0.15) is 29.1 Å². The number of nitrogens with zero attached hydrogens (tertiary/aromatic N) is 5. The number of hydrogen-bond acceptors (Lipinski definition) is 7. The molecule has 142 valence electrons. The lowest BCUT2D eigenvalue weighted by Gasteiger charge is -2.07. The van der Waals surface area contributed by atoms with Gasteiger partial charge in [0, 0.05) is 18.7 Å². The van der Waals surface area contributed by atoms with Crippen molar-refractivity contribution in [2.75, 3.05) is 6.61 Å². The maximum atomic E-state index is 14.0. The van der Waals surface area contributed by atoms with E-state index in [0.29, 0.717) is 35.0 Å². The van der Waals surface area contributed by atoms with Gasteiger partial charge in [-0.1, -0.05) is 6.07 Å². The Hall–Kier alpha value is -3.62. The molecule has 0 unspecified atom stereocenters. The van der Waals surface area contributed by atoms with E-state index >= 15 is 0 Å². The second-order valence-electron chi connectivity index (χ2n) is 6.06. The summed E-state index contributed by atoms with van der Waals surface area (Å²) in [4.78, 5) is 16.4. The molecule has 4 aromatic rings. The van der Waals surface area contributed by atoms with E-state index in [1.165, 1.54) is 12.1 Å². The molecule has 3 heterocycles. The predicted molar refractivity (Wildman–Crippen MR) is 97.0 cm³/mol. The number of halogens is 1. The van der Waals surface area contributed by atoms with Crippen molar-refractivity contribution in [1.29, 1.82) is 0 Å². The van der Waals surface area contributed by atoms with Gasteiger partial charge in [-0.2, -0.15) is 5.10 Å². The molecule has 0 N–H and O–H groups in total. The summed E-state index contributed by atoms with van der Waals surface area (Å²) < 4.78 is 26.0. The highest BCUT2D eigenvalue weighted by Crippen LogP contribution is 2.25. The van der Waals surface area contributed by atoms with Crippen LogP contribution >= 0.6 is 0 Å². The first-order chi connectivity index (χ1) is 13.5. The van der Waals surface area contributed by atoms with Crippen LogP contribution in [0.5, 0.6) is 0 Å². The van der Waals surface area contributed by atoms with Crippen molar-refractivity contribution in [2.45, 2.75) is 20.4 Å². The van der Waals surface area contributed by atoms with Crippen LogP contribution in [0.4, 0.5) is 4.39 Å². The van der Waals surface area contributed by atoms with Gasteiger partial charge >= 0.3 is 5.97 Å². The Bertz CT molecular complexity index is 1170. The molecule has 1 aromatic carbocycles. The SMILES string of the molecule is CCOC(=O)c1cc(-c2cnc3cnn(Cc4nnc(C)o4)c3c2)ccc1F. The number of fused-ring (bicyclic) bond motifs is 1. The second-order valence-corrected chi connectivity index (χ2v) is 6.06. The van der Waals surface area contributed by atoms with Gasteiger partial charge in [0.1, 0.15) is 17.9 Å². The Morgan fingerprint density at radius 1 is 1.21 bits per heavy atom. The molecule has 3 aromatic heterocycles. The highest BCUT2D eigenvalue weighted by molar-refractivity contribution is 5.91. The summed E-state index contributed by atoms with van der Waals surface area (Å²) in [5.41, 5.74) is 2.67. The van der Waals surface area contributed by atoms with Gasteiger partial charge in [0.2, 0.25) is 11.8 Å². The molecule has 28 heavy (non-hydrogen) atoms. The summed E-state index contributed by atoms with van der Waals surface area (Å²) in [5, 5.41) is 12.1. The summed E-state index contributed by atoms with van der Waals surface area (Å²) >= 11 is 0. The molecule has 0 aliphatic rings. The summed E-state index contributed by atoms with van der Waals surface area (Å²) in [5.74, 6) is -0.428. The minimum absolute atomic E-state index is 0.116. The smallest absolute Gasteiger partial charge is 0.341 e. The molecule has 0 saturated heterocycles. The number of carbonyl (C=O) groups excluding carboxylic acids is 1. The molecule has 0 radical (unpaired) electrons. The van der Waals surface area contributed by atoms with Gasteiger partial charge in [-0.15, -0.1) is 10.2 Å². The number of hydrogen-bond donors (Lipinski definition) is 0. The Morgan fingerprint density at radius 3 is 2.82 bits per heavy atom. The van der Waals surface area contributed by atoms with Gasteiger partial charge in [-0.25, -0.2) is 9.18 Å². The van der Waals surface area contributed by atoms with Crippen LogP contribution in [-0.4, -0.2) is 37.5 Å². The predicted octanol–water partition coefficient (Wildman–Crippen LogP) is 3.15. The summed E-state index contributed by atoms with van der Waals surface area (Å²) in [6.07, 6.45) is 3.28. The molecule has 0 aliphatic heterocycles. The van der Waals surface area contributed by atoms with Gasteiger partial charge in [0.15, 0.2) is 0 Å². The van der Waals surface area contributed by atoms with E-state index in [9.17, 15) is 9.18 Å². The zero-order valence-electron chi connectivity index (χ0n) is 15.2. The lowest BCUT2D eigenvalue weighted by atomic mass is 10.0. The summed E-state index contributed by atoms with van der Waals surface area (Å²) in [6, 6.07) is 6.15. The fraction of sp³-hybridized carbons (Fsp3) is 0.211. The standard InChI is InChI=1S/C19H16FN5O3/c1-3-27-19(26)14-6-12(4-5-15(14)20)13-7-17-16(21-8-13)9-22-25(17)10-18-24-23-11(2)28-18/h4-9H,3,10H2,1-2H3. The van der Waals surface area contributed by atoms with E-state index in [0.717, 1.165) is 5.52 Å². The quantitative estimate of drug-likeness (QED) is 0.490. The minimum atomic E-state index is -0.701. The molecule has 0 atom stereocenters. The van der Waals surface area contributed by atoms with Crippen molar-refractivity contribution in [1.82, 2.24) is 25.0 Å². The van der Waals surface area contributed by atoms with Crippen LogP contribution in [0.3, 0.4) is 0 Å². The number of rotatable bonds is 5. The third-order valence-electron chi connectivity index (χ3n) is 4.14. The number of ether oxygens (including phenoxy) is 1. The Labute approximate surface area is 159 Å². The van der Waals surface area contributed by atoms with Gasteiger partial charge in [-0.3, -0.25) is 9.67 Å². The highest BCUT2D eigenvalue weighted by Gasteiger charge is 2.15. The normalized spacial score (nSPS) is 11.1. The number of carbonyl (C=O) groups is 1. The zero-order valence-corrected chi connectivity index (χ0v) is 15.2. The van der Waals surface area contributed by atoms with Crippen molar-refractivity contribution in [3.8, 4) is 11.1 Å². The highest BCUT2D eigenvalue weighted by atomic mass is 19.1. The van der Waals surface area contributed by atoms with Crippen LogP contribution in [0.15, 0.2) is 41.1 Å². The third-order valence-corrected chi connectivity index (χ3v) is 4.14. The van der Waals surface area contributed by atoms with E-state index < -0.39 is 11.8 Å². The van der Waals surface area contributed by atoms with Gasteiger partial charge in [0.05, 0.1) is 23.9 Å². The number of esters is 1. The molecule has 4 rings (SSSR count). The van der Waals surface area contributed by atoms with E-state index in [1.807, 2.05) is 6.07 Å². The van der Waals surface area contributed by atoms with E-state index in [2.05, 4.69) is 20.3 Å². The molecule has 0 spiro atoms. The Morgan fingerprint density at radius 2 is 2.07 bits per heavy atom. The molecule has 8 nitrogen and oxygen atoms in total. The van der Waals surface area contributed by atoms with Crippen LogP contribution in [0.2, 0.25) is 0 Å².